The van der Waals surface area contributed by atoms with Gasteiger partial charge in [0.1, 0.15) is 10.6 Å². The van der Waals surface area contributed by atoms with Crippen LogP contribution < -0.4 is 10.6 Å². The van der Waals surface area contributed by atoms with Gasteiger partial charge < -0.3 is 10.6 Å². The zero-order valence-electron chi connectivity index (χ0n) is 19.5. The standard InChI is InChI=1S/C27H24BrN3O3S/c1-16(2)31-26(33)23(29-20-10-8-19(28)9-11-20)24(27(31)34)35-22-14-12-21(13-15-22)30-25(32)18-6-4-17(3)5-7-18/h4-16,29H,1-3H3,(H,30,32). The number of aryl methyl sites for hydroxylation is 1. The van der Waals surface area contributed by atoms with Crippen LogP contribution >= 0.6 is 27.7 Å². The van der Waals surface area contributed by atoms with Gasteiger partial charge in [0.15, 0.2) is 0 Å². The largest absolute Gasteiger partial charge is 0.350 e. The van der Waals surface area contributed by atoms with E-state index < -0.39 is 0 Å². The number of carbonyl (C=O) groups excluding carboxylic acids is 3. The Bertz CT molecular complexity index is 1300. The predicted octanol–water partition coefficient (Wildman–Crippen LogP) is 6.20. The number of anilines is 2. The van der Waals surface area contributed by atoms with Crippen molar-refractivity contribution in [1.29, 1.82) is 0 Å². The predicted molar refractivity (Wildman–Crippen MR) is 143 cm³/mol. The smallest absolute Gasteiger partial charge is 0.278 e. The number of rotatable bonds is 7. The molecule has 0 saturated carbocycles. The highest BCUT2D eigenvalue weighted by Crippen LogP contribution is 2.37. The Labute approximate surface area is 216 Å². The van der Waals surface area contributed by atoms with E-state index in [9.17, 15) is 14.4 Å². The van der Waals surface area contributed by atoms with E-state index in [0.717, 1.165) is 14.9 Å². The van der Waals surface area contributed by atoms with Gasteiger partial charge in [-0.3, -0.25) is 19.3 Å². The van der Waals surface area contributed by atoms with Crippen molar-refractivity contribution in [3.8, 4) is 0 Å². The quantitative estimate of drug-likeness (QED) is 0.343. The second-order valence-corrected chi connectivity index (χ2v) is 10.4. The molecule has 1 heterocycles. The summed E-state index contributed by atoms with van der Waals surface area (Å²) < 4.78 is 0.916. The van der Waals surface area contributed by atoms with E-state index in [-0.39, 0.29) is 29.5 Å². The van der Waals surface area contributed by atoms with Crippen molar-refractivity contribution in [3.05, 3.63) is 99.0 Å². The summed E-state index contributed by atoms with van der Waals surface area (Å²) in [4.78, 5) is 41.1. The van der Waals surface area contributed by atoms with E-state index >= 15 is 0 Å². The molecule has 8 heteroatoms. The molecule has 1 aliphatic heterocycles. The molecule has 2 N–H and O–H groups in total. The van der Waals surface area contributed by atoms with Crippen LogP contribution in [0, 0.1) is 6.92 Å². The van der Waals surface area contributed by atoms with Crippen molar-refractivity contribution in [3.63, 3.8) is 0 Å². The lowest BCUT2D eigenvalue weighted by Crippen LogP contribution is -2.38. The molecule has 0 aromatic heterocycles. The lowest BCUT2D eigenvalue weighted by Gasteiger charge is -2.19. The molecule has 178 valence electrons. The molecule has 4 rings (SSSR count). The number of halogens is 1. The first-order valence-corrected chi connectivity index (χ1v) is 12.6. The number of benzene rings is 3. The highest BCUT2D eigenvalue weighted by atomic mass is 79.9. The van der Waals surface area contributed by atoms with Crippen LogP contribution in [-0.4, -0.2) is 28.7 Å². The normalized spacial score (nSPS) is 13.6. The lowest BCUT2D eigenvalue weighted by molar-refractivity contribution is -0.139. The minimum Gasteiger partial charge on any atom is -0.350 e. The van der Waals surface area contributed by atoms with Gasteiger partial charge in [0, 0.05) is 32.3 Å². The van der Waals surface area contributed by atoms with Gasteiger partial charge in [0.25, 0.3) is 17.7 Å². The molecule has 3 amide bonds. The number of nitrogens with one attached hydrogen (secondary N) is 2. The number of thioether (sulfide) groups is 1. The molecule has 0 fully saturated rings. The fourth-order valence-corrected chi connectivity index (χ4v) is 4.71. The molecule has 0 aliphatic carbocycles. The Kier molecular flexibility index (Phi) is 7.42. The highest BCUT2D eigenvalue weighted by molar-refractivity contribution is 9.10. The van der Waals surface area contributed by atoms with Gasteiger partial charge >= 0.3 is 0 Å². The van der Waals surface area contributed by atoms with Crippen LogP contribution in [-0.2, 0) is 9.59 Å². The van der Waals surface area contributed by atoms with Crippen molar-refractivity contribution in [2.45, 2.75) is 31.7 Å². The summed E-state index contributed by atoms with van der Waals surface area (Å²) in [5, 5.41) is 6.01. The van der Waals surface area contributed by atoms with Crippen LogP contribution in [0.5, 0.6) is 0 Å². The number of hydrogen-bond donors (Lipinski definition) is 2. The van der Waals surface area contributed by atoms with Crippen LogP contribution in [0.25, 0.3) is 0 Å². The van der Waals surface area contributed by atoms with Gasteiger partial charge in [-0.1, -0.05) is 45.4 Å². The van der Waals surface area contributed by atoms with Gasteiger partial charge in [-0.2, -0.15) is 0 Å². The second-order valence-electron chi connectivity index (χ2n) is 8.36. The molecule has 0 unspecified atom stereocenters. The van der Waals surface area contributed by atoms with Crippen molar-refractivity contribution >= 4 is 56.8 Å². The number of amides is 3. The monoisotopic (exact) mass is 549 g/mol. The van der Waals surface area contributed by atoms with Gasteiger partial charge in [0.05, 0.1) is 0 Å². The van der Waals surface area contributed by atoms with Gasteiger partial charge in [-0.15, -0.1) is 0 Å². The maximum atomic E-state index is 13.1. The summed E-state index contributed by atoms with van der Waals surface area (Å²) in [6.07, 6.45) is 0. The summed E-state index contributed by atoms with van der Waals surface area (Å²) in [7, 11) is 0. The lowest BCUT2D eigenvalue weighted by atomic mass is 10.1. The van der Waals surface area contributed by atoms with E-state index in [1.807, 2.05) is 69.3 Å². The van der Waals surface area contributed by atoms with E-state index in [1.165, 1.54) is 16.7 Å². The Hall–Kier alpha value is -3.36. The third-order valence-corrected chi connectivity index (χ3v) is 6.97. The first kappa shape index (κ1) is 24.8. The third kappa shape index (κ3) is 5.66. The Morgan fingerprint density at radius 3 is 2.06 bits per heavy atom. The summed E-state index contributed by atoms with van der Waals surface area (Å²) in [5.41, 5.74) is 3.27. The third-order valence-electron chi connectivity index (χ3n) is 5.35. The van der Waals surface area contributed by atoms with E-state index in [1.54, 1.807) is 24.3 Å². The average molecular weight is 550 g/mol. The minimum absolute atomic E-state index is 0.196. The number of hydrogen-bond acceptors (Lipinski definition) is 5. The van der Waals surface area contributed by atoms with Crippen molar-refractivity contribution in [2.24, 2.45) is 0 Å². The topological polar surface area (TPSA) is 78.5 Å². The van der Waals surface area contributed by atoms with Crippen LogP contribution in [0.15, 0.2) is 92.8 Å². The van der Waals surface area contributed by atoms with Crippen molar-refractivity contribution < 1.29 is 14.4 Å². The van der Waals surface area contributed by atoms with E-state index in [2.05, 4.69) is 26.6 Å². The summed E-state index contributed by atoms with van der Waals surface area (Å²) in [6.45, 7) is 5.59. The summed E-state index contributed by atoms with van der Waals surface area (Å²) >= 11 is 4.62. The molecule has 6 nitrogen and oxygen atoms in total. The maximum absolute atomic E-state index is 13.1. The SMILES string of the molecule is Cc1ccc(C(=O)Nc2ccc(SC3=C(Nc4ccc(Br)cc4)C(=O)N(C(C)C)C3=O)cc2)cc1. The molecule has 1 aliphatic rings. The molecule has 0 spiro atoms. The Balaban J connectivity index is 1.54. The molecule has 3 aromatic rings. The zero-order chi connectivity index (χ0) is 25.1. The van der Waals surface area contributed by atoms with E-state index in [4.69, 9.17) is 0 Å². The van der Waals surface area contributed by atoms with Gasteiger partial charge in [0.2, 0.25) is 0 Å². The first-order valence-electron chi connectivity index (χ1n) is 11.0. The van der Waals surface area contributed by atoms with Crippen LogP contribution in [0.4, 0.5) is 11.4 Å². The molecule has 3 aromatic carbocycles. The average Bonchev–Trinajstić information content (AvgIpc) is 3.06. The van der Waals surface area contributed by atoms with Crippen LogP contribution in [0.3, 0.4) is 0 Å². The molecular weight excluding hydrogens is 526 g/mol. The maximum Gasteiger partial charge on any atom is 0.278 e. The Morgan fingerprint density at radius 1 is 0.857 bits per heavy atom. The molecule has 0 saturated heterocycles. The van der Waals surface area contributed by atoms with Gasteiger partial charge in [-0.05, 0) is 81.4 Å². The Morgan fingerprint density at radius 2 is 1.46 bits per heavy atom. The fourth-order valence-electron chi connectivity index (χ4n) is 3.51. The molecule has 0 atom stereocenters. The van der Waals surface area contributed by atoms with Crippen molar-refractivity contribution in [1.82, 2.24) is 4.90 Å². The number of carbonyl (C=O) groups is 3. The zero-order valence-corrected chi connectivity index (χ0v) is 21.9. The fraction of sp³-hybridized carbons (Fsp3) is 0.148. The summed E-state index contributed by atoms with van der Waals surface area (Å²) in [6, 6.07) is 21.7. The molecular formula is C27H24BrN3O3S. The van der Waals surface area contributed by atoms with Crippen molar-refractivity contribution in [2.75, 3.05) is 10.6 Å². The molecule has 35 heavy (non-hydrogen) atoms. The second kappa shape index (κ2) is 10.5. The minimum atomic E-state index is -0.350. The number of imide groups is 1. The van der Waals surface area contributed by atoms with Gasteiger partial charge in [-0.25, -0.2) is 0 Å². The van der Waals surface area contributed by atoms with E-state index in [0.29, 0.717) is 21.8 Å². The molecule has 0 radical (unpaired) electrons. The summed E-state index contributed by atoms with van der Waals surface area (Å²) in [5.74, 6) is -0.873. The van der Waals surface area contributed by atoms with Crippen LogP contribution in [0.2, 0.25) is 0 Å². The number of nitrogens with zero attached hydrogens (tertiary/aromatic N) is 1. The highest BCUT2D eigenvalue weighted by Gasteiger charge is 2.40. The first-order chi connectivity index (χ1) is 16.7. The van der Waals surface area contributed by atoms with Crippen LogP contribution in [0.1, 0.15) is 29.8 Å². The molecule has 0 bridgehead atoms.